The van der Waals surface area contributed by atoms with Crippen molar-refractivity contribution < 1.29 is 13.9 Å². The summed E-state index contributed by atoms with van der Waals surface area (Å²) in [5, 5.41) is 3.49. The van der Waals surface area contributed by atoms with Gasteiger partial charge in [-0.15, -0.1) is 0 Å². The van der Waals surface area contributed by atoms with E-state index in [4.69, 9.17) is 14.5 Å². The van der Waals surface area contributed by atoms with E-state index in [-0.39, 0.29) is 11.9 Å². The molecule has 2 aromatic heterocycles. The fraction of sp³-hybridized carbons (Fsp3) is 0.333. The van der Waals surface area contributed by atoms with Crippen LogP contribution < -0.4 is 10.1 Å². The average Bonchev–Trinajstić information content (AvgIpc) is 3.57. The minimum absolute atomic E-state index is 0.168. The van der Waals surface area contributed by atoms with Gasteiger partial charge in [-0.25, -0.2) is 14.4 Å². The molecule has 4 aromatic rings. The molecule has 37 heavy (non-hydrogen) atoms. The van der Waals surface area contributed by atoms with Crippen molar-refractivity contribution in [1.82, 2.24) is 14.5 Å². The smallest absolute Gasteiger partial charge is 0.126 e. The SMILES string of the molecule is COc1ccc(COCC2CCc3nc(-c4ccc(F)cc4)c(-c4ccnc(NCC5CC5)c4)n32)cc1. The number of pyridine rings is 1. The van der Waals surface area contributed by atoms with Crippen molar-refractivity contribution in [2.45, 2.75) is 38.3 Å². The lowest BCUT2D eigenvalue weighted by atomic mass is 10.0. The summed E-state index contributed by atoms with van der Waals surface area (Å²) < 4.78 is 27.5. The van der Waals surface area contributed by atoms with Gasteiger partial charge in [0.15, 0.2) is 0 Å². The number of methoxy groups -OCH3 is 1. The lowest BCUT2D eigenvalue weighted by molar-refractivity contribution is 0.0925. The number of ether oxygens (including phenoxy) is 2. The van der Waals surface area contributed by atoms with Gasteiger partial charge in [-0.3, -0.25) is 0 Å². The summed E-state index contributed by atoms with van der Waals surface area (Å²) in [6.07, 6.45) is 6.27. The van der Waals surface area contributed by atoms with Crippen molar-refractivity contribution in [3.63, 3.8) is 0 Å². The van der Waals surface area contributed by atoms with Crippen molar-refractivity contribution in [2.75, 3.05) is 25.6 Å². The van der Waals surface area contributed by atoms with Gasteiger partial charge in [-0.2, -0.15) is 0 Å². The molecule has 1 aliphatic carbocycles. The number of aromatic nitrogens is 3. The van der Waals surface area contributed by atoms with Gasteiger partial charge in [0.2, 0.25) is 0 Å². The second kappa shape index (κ2) is 10.3. The molecule has 1 unspecified atom stereocenters. The summed E-state index contributed by atoms with van der Waals surface area (Å²) in [5.74, 6) is 3.25. The van der Waals surface area contributed by atoms with E-state index in [1.54, 1.807) is 19.2 Å². The molecule has 6 nitrogen and oxygen atoms in total. The number of anilines is 1. The standard InChI is InChI=1S/C30H31FN4O2/c1-36-26-11-4-21(5-12-26)18-37-19-25-10-13-28-34-29(22-6-8-24(31)9-7-22)30(35(25)28)23-14-15-32-27(16-23)33-17-20-2-3-20/h4-9,11-12,14-16,20,25H,2-3,10,13,17-19H2,1H3,(H,32,33). The van der Waals surface area contributed by atoms with Crippen molar-refractivity contribution in [3.8, 4) is 28.3 Å². The van der Waals surface area contributed by atoms with E-state index in [1.165, 1.54) is 25.0 Å². The van der Waals surface area contributed by atoms with E-state index in [2.05, 4.69) is 20.9 Å². The molecule has 3 heterocycles. The Kier molecular flexibility index (Phi) is 6.62. The van der Waals surface area contributed by atoms with Crippen LogP contribution in [0.25, 0.3) is 22.5 Å². The van der Waals surface area contributed by atoms with Gasteiger partial charge >= 0.3 is 0 Å². The highest BCUT2D eigenvalue weighted by molar-refractivity contribution is 5.80. The van der Waals surface area contributed by atoms with E-state index in [0.29, 0.717) is 13.2 Å². The molecule has 0 spiro atoms. The molecule has 1 fully saturated rings. The van der Waals surface area contributed by atoms with Gasteiger partial charge in [0, 0.05) is 30.3 Å². The Morgan fingerprint density at radius 1 is 1.00 bits per heavy atom. The number of benzene rings is 2. The van der Waals surface area contributed by atoms with Crippen LogP contribution in [-0.2, 0) is 17.8 Å². The van der Waals surface area contributed by atoms with Crippen LogP contribution in [0.4, 0.5) is 10.2 Å². The Hall–Kier alpha value is -3.71. The number of aryl methyl sites for hydroxylation is 1. The normalized spacial score (nSPS) is 16.5. The van der Waals surface area contributed by atoms with Crippen molar-refractivity contribution >= 4 is 5.82 Å². The van der Waals surface area contributed by atoms with Gasteiger partial charge < -0.3 is 19.4 Å². The summed E-state index contributed by atoms with van der Waals surface area (Å²) in [4.78, 5) is 9.59. The highest BCUT2D eigenvalue weighted by atomic mass is 19.1. The Labute approximate surface area is 216 Å². The number of imidazole rings is 1. The maximum atomic E-state index is 13.7. The third-order valence-corrected chi connectivity index (χ3v) is 7.21. The van der Waals surface area contributed by atoms with Crippen molar-refractivity contribution in [1.29, 1.82) is 0 Å². The van der Waals surface area contributed by atoms with Gasteiger partial charge in [0.05, 0.1) is 37.8 Å². The topological polar surface area (TPSA) is 61.2 Å². The molecular formula is C30H31FN4O2. The number of fused-ring (bicyclic) bond motifs is 1. The largest absolute Gasteiger partial charge is 0.497 e. The monoisotopic (exact) mass is 498 g/mol. The van der Waals surface area contributed by atoms with Crippen LogP contribution in [0.15, 0.2) is 66.9 Å². The molecule has 1 N–H and O–H groups in total. The lowest BCUT2D eigenvalue weighted by Crippen LogP contribution is -2.13. The first-order valence-electron chi connectivity index (χ1n) is 13.0. The Morgan fingerprint density at radius 3 is 2.57 bits per heavy atom. The molecule has 1 aliphatic heterocycles. The molecule has 6 rings (SSSR count). The fourth-order valence-corrected chi connectivity index (χ4v) is 5.00. The van der Waals surface area contributed by atoms with Gasteiger partial charge in [0.25, 0.3) is 0 Å². The first-order valence-corrected chi connectivity index (χ1v) is 13.0. The highest BCUT2D eigenvalue weighted by Crippen LogP contribution is 2.40. The van der Waals surface area contributed by atoms with Crippen LogP contribution in [-0.4, -0.2) is 34.8 Å². The van der Waals surface area contributed by atoms with E-state index >= 15 is 0 Å². The molecule has 2 aromatic carbocycles. The first-order chi connectivity index (χ1) is 18.2. The zero-order valence-electron chi connectivity index (χ0n) is 21.0. The zero-order chi connectivity index (χ0) is 25.2. The average molecular weight is 499 g/mol. The Morgan fingerprint density at radius 2 is 1.81 bits per heavy atom. The molecule has 0 bridgehead atoms. The predicted molar refractivity (Wildman–Crippen MR) is 142 cm³/mol. The molecule has 190 valence electrons. The predicted octanol–water partition coefficient (Wildman–Crippen LogP) is 6.29. The van der Waals surface area contributed by atoms with Crippen LogP contribution in [0, 0.1) is 11.7 Å². The number of hydrogen-bond acceptors (Lipinski definition) is 5. The van der Waals surface area contributed by atoms with Gasteiger partial charge in [0.1, 0.15) is 23.2 Å². The number of halogens is 1. The zero-order valence-corrected chi connectivity index (χ0v) is 21.0. The van der Waals surface area contributed by atoms with Gasteiger partial charge in [-0.1, -0.05) is 12.1 Å². The molecular weight excluding hydrogens is 467 g/mol. The summed E-state index contributed by atoms with van der Waals surface area (Å²) >= 11 is 0. The number of rotatable bonds is 10. The van der Waals surface area contributed by atoms with E-state index < -0.39 is 0 Å². The Bertz CT molecular complexity index is 1360. The maximum absolute atomic E-state index is 13.7. The molecule has 2 aliphatic rings. The quantitative estimate of drug-likeness (QED) is 0.279. The van der Waals surface area contributed by atoms with E-state index in [9.17, 15) is 4.39 Å². The summed E-state index contributed by atoms with van der Waals surface area (Å²) in [6.45, 7) is 2.08. The lowest BCUT2D eigenvalue weighted by Gasteiger charge is -2.18. The maximum Gasteiger partial charge on any atom is 0.126 e. The minimum Gasteiger partial charge on any atom is -0.497 e. The second-order valence-corrected chi connectivity index (χ2v) is 9.91. The van der Waals surface area contributed by atoms with Crippen molar-refractivity contribution in [2.24, 2.45) is 5.92 Å². The summed E-state index contributed by atoms with van der Waals surface area (Å²) in [6, 6.07) is 18.9. The first kappa shape index (κ1) is 23.7. The highest BCUT2D eigenvalue weighted by Gasteiger charge is 2.30. The number of nitrogens with one attached hydrogen (secondary N) is 1. The van der Waals surface area contributed by atoms with Gasteiger partial charge in [-0.05, 0) is 79.3 Å². The molecule has 7 heteroatoms. The van der Waals surface area contributed by atoms with Crippen LogP contribution >= 0.6 is 0 Å². The second-order valence-electron chi connectivity index (χ2n) is 9.91. The molecule has 0 saturated heterocycles. The van der Waals surface area contributed by atoms with E-state index in [0.717, 1.165) is 70.8 Å². The van der Waals surface area contributed by atoms with E-state index in [1.807, 2.05) is 36.5 Å². The fourth-order valence-electron chi connectivity index (χ4n) is 5.00. The number of nitrogens with zero attached hydrogens (tertiary/aromatic N) is 3. The van der Waals surface area contributed by atoms with Crippen LogP contribution in [0.2, 0.25) is 0 Å². The molecule has 0 radical (unpaired) electrons. The summed E-state index contributed by atoms with van der Waals surface area (Å²) in [7, 11) is 1.67. The molecule has 1 atom stereocenters. The van der Waals surface area contributed by atoms with Crippen LogP contribution in [0.5, 0.6) is 5.75 Å². The molecule has 0 amide bonds. The summed E-state index contributed by atoms with van der Waals surface area (Å²) in [5.41, 5.74) is 4.97. The van der Waals surface area contributed by atoms with Crippen LogP contribution in [0.3, 0.4) is 0 Å². The van der Waals surface area contributed by atoms with Crippen molar-refractivity contribution in [3.05, 3.63) is 84.1 Å². The Balaban J connectivity index is 1.29. The third kappa shape index (κ3) is 5.23. The number of hydrogen-bond donors (Lipinski definition) is 1. The minimum atomic E-state index is -0.252. The third-order valence-electron chi connectivity index (χ3n) is 7.21. The molecule has 1 saturated carbocycles. The van der Waals surface area contributed by atoms with Crippen LogP contribution in [0.1, 0.15) is 36.7 Å².